The number of fused-ring (bicyclic) bond motifs is 1. The number of rotatable bonds is 3. The number of aromatic amines is 1. The smallest absolute Gasteiger partial charge is 0.262 e. The van der Waals surface area contributed by atoms with E-state index < -0.39 is 0 Å². The van der Waals surface area contributed by atoms with Gasteiger partial charge in [0.15, 0.2) is 0 Å². The van der Waals surface area contributed by atoms with Crippen LogP contribution in [0.2, 0.25) is 0 Å². The van der Waals surface area contributed by atoms with Crippen LogP contribution in [0.5, 0.6) is 0 Å². The van der Waals surface area contributed by atoms with E-state index in [1.54, 1.807) is 13.1 Å². The number of hydrogen-bond donors (Lipinski definition) is 1. The molecular formula is C17H19N5O3. The Kier molecular flexibility index (Phi) is 3.67. The quantitative estimate of drug-likeness (QED) is 0.781. The molecule has 4 rings (SSSR count). The van der Waals surface area contributed by atoms with E-state index in [1.165, 1.54) is 6.33 Å². The van der Waals surface area contributed by atoms with Gasteiger partial charge in [0, 0.05) is 12.7 Å². The van der Waals surface area contributed by atoms with Crippen molar-refractivity contribution in [3.8, 4) is 0 Å². The van der Waals surface area contributed by atoms with Crippen molar-refractivity contribution < 1.29 is 9.21 Å². The van der Waals surface area contributed by atoms with Gasteiger partial charge in [0.05, 0.1) is 30.7 Å². The van der Waals surface area contributed by atoms with Gasteiger partial charge in [-0.25, -0.2) is 4.98 Å². The number of amides is 1. The molecule has 130 valence electrons. The van der Waals surface area contributed by atoms with E-state index >= 15 is 0 Å². The van der Waals surface area contributed by atoms with E-state index in [2.05, 4.69) is 15.1 Å². The van der Waals surface area contributed by atoms with Crippen LogP contribution < -0.4 is 5.56 Å². The molecule has 1 saturated heterocycles. The second kappa shape index (κ2) is 5.87. The van der Waals surface area contributed by atoms with E-state index in [1.807, 2.05) is 22.7 Å². The lowest BCUT2D eigenvalue weighted by molar-refractivity contribution is 0.0721. The second-order valence-corrected chi connectivity index (χ2v) is 6.48. The summed E-state index contributed by atoms with van der Waals surface area (Å²) < 4.78 is 7.38. The van der Waals surface area contributed by atoms with Crippen LogP contribution in [0.3, 0.4) is 0 Å². The first kappa shape index (κ1) is 15.6. The molecule has 0 bridgehead atoms. The molecule has 0 unspecified atom stereocenters. The molecule has 1 N–H and O–H groups in total. The van der Waals surface area contributed by atoms with Gasteiger partial charge < -0.3 is 14.3 Å². The predicted octanol–water partition coefficient (Wildman–Crippen LogP) is 1.63. The fourth-order valence-corrected chi connectivity index (χ4v) is 3.53. The summed E-state index contributed by atoms with van der Waals surface area (Å²) >= 11 is 0. The van der Waals surface area contributed by atoms with Crippen LogP contribution in [0, 0.1) is 13.8 Å². The minimum Gasteiger partial charge on any atom is -0.442 e. The maximum atomic E-state index is 13.2. The number of carbonyl (C=O) groups is 1. The maximum absolute atomic E-state index is 13.2. The van der Waals surface area contributed by atoms with Gasteiger partial charge in [-0.05, 0) is 32.3 Å². The summed E-state index contributed by atoms with van der Waals surface area (Å²) in [5.74, 6) is 0.242. The van der Waals surface area contributed by atoms with Crippen molar-refractivity contribution in [2.75, 3.05) is 6.54 Å². The molecular weight excluding hydrogens is 322 g/mol. The predicted molar refractivity (Wildman–Crippen MR) is 90.4 cm³/mol. The Labute approximate surface area is 143 Å². The number of carbonyl (C=O) groups excluding carboxylic acids is 1. The van der Waals surface area contributed by atoms with Gasteiger partial charge in [-0.1, -0.05) is 0 Å². The van der Waals surface area contributed by atoms with E-state index in [9.17, 15) is 9.59 Å². The molecule has 1 aliphatic heterocycles. The minimum absolute atomic E-state index is 0.0481. The van der Waals surface area contributed by atoms with E-state index in [0.29, 0.717) is 24.4 Å². The summed E-state index contributed by atoms with van der Waals surface area (Å²) in [6, 6.07) is 0.0481. The summed E-state index contributed by atoms with van der Waals surface area (Å²) in [4.78, 5) is 33.7. The third-order valence-corrected chi connectivity index (χ3v) is 4.68. The Morgan fingerprint density at radius 2 is 2.28 bits per heavy atom. The summed E-state index contributed by atoms with van der Waals surface area (Å²) in [6.45, 7) is 4.98. The topological polar surface area (TPSA) is 97.0 Å². The summed E-state index contributed by atoms with van der Waals surface area (Å²) in [5, 5.41) is 4.54. The molecule has 25 heavy (non-hydrogen) atoms. The summed E-state index contributed by atoms with van der Waals surface area (Å²) in [6.07, 6.45) is 6.89. The molecule has 3 aromatic rings. The first-order chi connectivity index (χ1) is 12.0. The molecule has 3 aromatic heterocycles. The lowest BCUT2D eigenvalue weighted by Crippen LogP contribution is -2.38. The molecule has 8 nitrogen and oxygen atoms in total. The van der Waals surface area contributed by atoms with Crippen LogP contribution in [0.25, 0.3) is 11.1 Å². The molecule has 0 radical (unpaired) electrons. The van der Waals surface area contributed by atoms with Gasteiger partial charge in [-0.15, -0.1) is 0 Å². The van der Waals surface area contributed by atoms with Gasteiger partial charge in [0.2, 0.25) is 5.71 Å². The first-order valence-electron chi connectivity index (χ1n) is 8.31. The maximum Gasteiger partial charge on any atom is 0.262 e. The average molecular weight is 341 g/mol. The summed E-state index contributed by atoms with van der Waals surface area (Å²) in [7, 11) is 0. The fraction of sp³-hybridized carbons (Fsp3) is 0.412. The number of aromatic nitrogens is 4. The van der Waals surface area contributed by atoms with E-state index in [0.717, 1.165) is 18.4 Å². The highest BCUT2D eigenvalue weighted by atomic mass is 16.3. The molecule has 1 fully saturated rings. The standard InChI is InChI=1S/C17H19N5O3/c1-10-6-20-21(7-10)8-12-4-3-5-22(12)17(24)13-11(2)25-16-14(13)15(23)18-9-19-16/h6-7,9,12H,3-5,8H2,1-2H3,(H,18,19,23)/t12-/m1/s1. The molecule has 8 heteroatoms. The molecule has 1 aliphatic rings. The molecule has 0 spiro atoms. The molecule has 1 atom stereocenters. The van der Waals surface area contributed by atoms with Crippen molar-refractivity contribution in [3.63, 3.8) is 0 Å². The molecule has 0 aromatic carbocycles. The number of hydrogen-bond acceptors (Lipinski definition) is 5. The van der Waals surface area contributed by atoms with E-state index in [-0.39, 0.29) is 28.6 Å². The Morgan fingerprint density at radius 1 is 1.44 bits per heavy atom. The van der Waals surface area contributed by atoms with Crippen LogP contribution >= 0.6 is 0 Å². The van der Waals surface area contributed by atoms with Crippen LogP contribution in [0.4, 0.5) is 0 Å². The number of likely N-dealkylation sites (tertiary alicyclic amines) is 1. The minimum atomic E-state index is -0.358. The van der Waals surface area contributed by atoms with Gasteiger partial charge >= 0.3 is 0 Å². The highest BCUT2D eigenvalue weighted by molar-refractivity contribution is 6.06. The Balaban J connectivity index is 1.68. The summed E-state index contributed by atoms with van der Waals surface area (Å²) in [5.41, 5.74) is 1.24. The number of furan rings is 1. The number of nitrogens with one attached hydrogen (secondary N) is 1. The van der Waals surface area contributed by atoms with Crippen molar-refractivity contribution in [2.24, 2.45) is 0 Å². The van der Waals surface area contributed by atoms with E-state index in [4.69, 9.17) is 4.42 Å². The van der Waals surface area contributed by atoms with Gasteiger partial charge in [-0.3, -0.25) is 14.3 Å². The van der Waals surface area contributed by atoms with Gasteiger partial charge in [0.1, 0.15) is 11.1 Å². The fourth-order valence-electron chi connectivity index (χ4n) is 3.53. The van der Waals surface area contributed by atoms with Crippen molar-refractivity contribution in [2.45, 2.75) is 39.3 Å². The zero-order chi connectivity index (χ0) is 17.6. The van der Waals surface area contributed by atoms with Crippen molar-refractivity contribution in [3.05, 3.63) is 46.0 Å². The normalized spacial score (nSPS) is 17.5. The van der Waals surface area contributed by atoms with Crippen molar-refractivity contribution >= 4 is 17.0 Å². The monoisotopic (exact) mass is 341 g/mol. The molecule has 0 aliphatic carbocycles. The zero-order valence-electron chi connectivity index (χ0n) is 14.2. The Hall–Kier alpha value is -2.90. The Bertz CT molecular complexity index is 999. The third kappa shape index (κ3) is 2.63. The van der Waals surface area contributed by atoms with Crippen LogP contribution in [0.1, 0.15) is 34.5 Å². The highest BCUT2D eigenvalue weighted by Gasteiger charge is 2.33. The third-order valence-electron chi connectivity index (χ3n) is 4.68. The van der Waals surface area contributed by atoms with Crippen molar-refractivity contribution in [1.29, 1.82) is 0 Å². The molecule has 1 amide bonds. The van der Waals surface area contributed by atoms with Crippen LogP contribution in [0.15, 0.2) is 27.9 Å². The number of aryl methyl sites for hydroxylation is 2. The number of nitrogens with zero attached hydrogens (tertiary/aromatic N) is 4. The Morgan fingerprint density at radius 3 is 3.04 bits per heavy atom. The lowest BCUT2D eigenvalue weighted by atomic mass is 10.1. The largest absolute Gasteiger partial charge is 0.442 e. The highest BCUT2D eigenvalue weighted by Crippen LogP contribution is 2.27. The van der Waals surface area contributed by atoms with Crippen LogP contribution in [-0.2, 0) is 6.54 Å². The SMILES string of the molecule is Cc1cnn(C[C@H]2CCCN2C(=O)c2c(C)oc3nc[nH]c(=O)c23)c1. The molecule has 0 saturated carbocycles. The van der Waals surface area contributed by atoms with Crippen LogP contribution in [-0.4, -0.2) is 43.1 Å². The average Bonchev–Trinajstić information content (AvgIpc) is 3.26. The lowest BCUT2D eigenvalue weighted by Gasteiger charge is -2.24. The first-order valence-corrected chi connectivity index (χ1v) is 8.31. The zero-order valence-corrected chi connectivity index (χ0v) is 14.2. The van der Waals surface area contributed by atoms with Crippen molar-refractivity contribution in [1.82, 2.24) is 24.6 Å². The molecule has 4 heterocycles. The van der Waals surface area contributed by atoms with Gasteiger partial charge in [-0.2, -0.15) is 5.10 Å². The number of H-pyrrole nitrogens is 1. The second-order valence-electron chi connectivity index (χ2n) is 6.48. The van der Waals surface area contributed by atoms with Gasteiger partial charge in [0.25, 0.3) is 11.5 Å².